The number of carbonyl (C=O) groups excluding carboxylic acids is 1. The minimum Gasteiger partial charge on any atom is -0.377 e. The van der Waals surface area contributed by atoms with E-state index in [0.717, 1.165) is 44.5 Å². The topological polar surface area (TPSA) is 29.5 Å². The minimum atomic E-state index is -0.147. The van der Waals surface area contributed by atoms with Crippen LogP contribution in [-0.2, 0) is 9.53 Å². The Labute approximate surface area is 109 Å². The van der Waals surface area contributed by atoms with Gasteiger partial charge in [0.05, 0.1) is 5.60 Å². The molecular formula is C13H23NO2S. The van der Waals surface area contributed by atoms with Gasteiger partial charge < -0.3 is 9.64 Å². The van der Waals surface area contributed by atoms with Gasteiger partial charge in [-0.2, -0.15) is 12.6 Å². The molecule has 1 amide bonds. The van der Waals surface area contributed by atoms with Crippen LogP contribution >= 0.6 is 12.6 Å². The maximum Gasteiger partial charge on any atom is 0.223 e. The number of rotatable bonds is 4. The molecule has 98 valence electrons. The van der Waals surface area contributed by atoms with Gasteiger partial charge in [-0.1, -0.05) is 0 Å². The molecule has 0 aromatic carbocycles. The molecule has 1 heterocycles. The smallest absolute Gasteiger partial charge is 0.223 e. The van der Waals surface area contributed by atoms with Crippen molar-refractivity contribution in [3.05, 3.63) is 0 Å². The highest BCUT2D eigenvalue weighted by Crippen LogP contribution is 2.50. The largest absolute Gasteiger partial charge is 0.377 e. The van der Waals surface area contributed by atoms with Gasteiger partial charge >= 0.3 is 0 Å². The number of hydrogen-bond acceptors (Lipinski definition) is 3. The number of hydrogen-bond donors (Lipinski definition) is 1. The second-order valence-electron chi connectivity index (χ2n) is 5.91. The summed E-state index contributed by atoms with van der Waals surface area (Å²) in [7, 11) is 1.74. The first-order valence-electron chi connectivity index (χ1n) is 6.46. The van der Waals surface area contributed by atoms with E-state index in [1.807, 2.05) is 4.90 Å². The highest BCUT2D eigenvalue weighted by molar-refractivity contribution is 7.80. The third-order valence-corrected chi connectivity index (χ3v) is 4.99. The van der Waals surface area contributed by atoms with Gasteiger partial charge in [0.1, 0.15) is 0 Å². The predicted molar refractivity (Wildman–Crippen MR) is 71.4 cm³/mol. The third kappa shape index (κ3) is 2.97. The van der Waals surface area contributed by atoms with Crippen molar-refractivity contribution in [3.8, 4) is 0 Å². The quantitative estimate of drug-likeness (QED) is 0.782. The second kappa shape index (κ2) is 4.81. The molecule has 0 radical (unpaired) electrons. The number of amides is 1. The number of methoxy groups -OCH3 is 1. The van der Waals surface area contributed by atoms with E-state index in [1.165, 1.54) is 0 Å². The fraction of sp³-hybridized carbons (Fsp3) is 0.923. The van der Waals surface area contributed by atoms with Crippen molar-refractivity contribution in [1.82, 2.24) is 4.90 Å². The van der Waals surface area contributed by atoms with Gasteiger partial charge in [-0.25, -0.2) is 0 Å². The molecule has 1 saturated carbocycles. The number of ether oxygens (including phenoxy) is 1. The van der Waals surface area contributed by atoms with Crippen LogP contribution in [0, 0.1) is 5.41 Å². The second-order valence-corrected chi connectivity index (χ2v) is 6.22. The van der Waals surface area contributed by atoms with Gasteiger partial charge in [0.15, 0.2) is 0 Å². The standard InChI is InChI=1S/C13H23NO2S/c1-12(16-2)4-3-7-14(9-12)11(15)8-13(10-17)5-6-13/h17H,3-10H2,1-2H3. The first-order valence-corrected chi connectivity index (χ1v) is 7.10. The van der Waals surface area contributed by atoms with Crippen molar-refractivity contribution >= 4 is 18.5 Å². The number of thiol groups is 1. The average Bonchev–Trinajstić information content (AvgIpc) is 3.10. The molecule has 3 nitrogen and oxygen atoms in total. The lowest BCUT2D eigenvalue weighted by Gasteiger charge is -2.40. The zero-order chi connectivity index (χ0) is 12.5. The lowest BCUT2D eigenvalue weighted by atomic mass is 9.93. The summed E-state index contributed by atoms with van der Waals surface area (Å²) >= 11 is 4.36. The summed E-state index contributed by atoms with van der Waals surface area (Å²) in [6, 6.07) is 0. The molecule has 4 heteroatoms. The minimum absolute atomic E-state index is 0.147. The zero-order valence-corrected chi connectivity index (χ0v) is 11.8. The summed E-state index contributed by atoms with van der Waals surface area (Å²) in [5, 5.41) is 0. The fourth-order valence-corrected chi connectivity index (χ4v) is 3.01. The molecule has 0 N–H and O–H groups in total. The van der Waals surface area contributed by atoms with Gasteiger partial charge in [-0.3, -0.25) is 4.79 Å². The Balaban J connectivity index is 1.91. The Morgan fingerprint density at radius 1 is 1.41 bits per heavy atom. The van der Waals surface area contributed by atoms with Crippen LogP contribution in [0.3, 0.4) is 0 Å². The monoisotopic (exact) mass is 257 g/mol. The SMILES string of the molecule is COC1(C)CCCN(C(=O)CC2(CS)CC2)C1. The molecule has 17 heavy (non-hydrogen) atoms. The van der Waals surface area contributed by atoms with Crippen LogP contribution in [0.2, 0.25) is 0 Å². The Morgan fingerprint density at radius 3 is 2.65 bits per heavy atom. The Kier molecular flexibility index (Phi) is 3.74. The van der Waals surface area contributed by atoms with Gasteiger partial charge in [-0.15, -0.1) is 0 Å². The van der Waals surface area contributed by atoms with Crippen molar-refractivity contribution in [2.75, 3.05) is 26.0 Å². The van der Waals surface area contributed by atoms with Crippen LogP contribution in [0.5, 0.6) is 0 Å². The molecule has 0 aromatic rings. The molecule has 1 aliphatic carbocycles. The van der Waals surface area contributed by atoms with Crippen LogP contribution in [-0.4, -0.2) is 42.4 Å². The lowest BCUT2D eigenvalue weighted by Crippen LogP contribution is -2.50. The molecule has 1 saturated heterocycles. The van der Waals surface area contributed by atoms with E-state index in [-0.39, 0.29) is 11.0 Å². The average molecular weight is 257 g/mol. The molecule has 2 fully saturated rings. The lowest BCUT2D eigenvalue weighted by molar-refractivity contribution is -0.140. The first kappa shape index (κ1) is 13.2. The maximum atomic E-state index is 12.3. The summed E-state index contributed by atoms with van der Waals surface area (Å²) in [5.41, 5.74) is 0.0761. The third-order valence-electron chi connectivity index (χ3n) is 4.32. The van der Waals surface area contributed by atoms with Gasteiger partial charge in [0.2, 0.25) is 5.91 Å². The van der Waals surface area contributed by atoms with Crippen molar-refractivity contribution in [3.63, 3.8) is 0 Å². The van der Waals surface area contributed by atoms with Gasteiger partial charge in [0.25, 0.3) is 0 Å². The van der Waals surface area contributed by atoms with E-state index >= 15 is 0 Å². The Morgan fingerprint density at radius 2 is 2.12 bits per heavy atom. The normalized spacial score (nSPS) is 31.4. The van der Waals surface area contributed by atoms with Crippen molar-refractivity contribution < 1.29 is 9.53 Å². The van der Waals surface area contributed by atoms with Gasteiger partial charge in [0, 0.05) is 26.6 Å². The zero-order valence-electron chi connectivity index (χ0n) is 10.9. The molecule has 0 bridgehead atoms. The van der Waals surface area contributed by atoms with Crippen molar-refractivity contribution in [2.45, 2.75) is 44.6 Å². The van der Waals surface area contributed by atoms with Crippen molar-refractivity contribution in [2.24, 2.45) is 5.41 Å². The van der Waals surface area contributed by atoms with Gasteiger partial charge in [-0.05, 0) is 43.8 Å². The summed E-state index contributed by atoms with van der Waals surface area (Å²) in [5.74, 6) is 1.13. The highest BCUT2D eigenvalue weighted by Gasteiger charge is 2.44. The van der Waals surface area contributed by atoms with Crippen LogP contribution in [0.4, 0.5) is 0 Å². The van der Waals surface area contributed by atoms with Crippen LogP contribution in [0.1, 0.15) is 39.0 Å². The van der Waals surface area contributed by atoms with Crippen LogP contribution < -0.4 is 0 Å². The van der Waals surface area contributed by atoms with E-state index in [1.54, 1.807) is 7.11 Å². The Hall–Kier alpha value is -0.220. The molecule has 2 rings (SSSR count). The van der Waals surface area contributed by atoms with E-state index in [9.17, 15) is 4.79 Å². The maximum absolute atomic E-state index is 12.3. The van der Waals surface area contributed by atoms with Crippen LogP contribution in [0.25, 0.3) is 0 Å². The number of likely N-dealkylation sites (tertiary alicyclic amines) is 1. The predicted octanol–water partition coefficient (Wildman–Crippen LogP) is 2.11. The van der Waals surface area contributed by atoms with E-state index < -0.39 is 0 Å². The van der Waals surface area contributed by atoms with E-state index in [4.69, 9.17) is 4.74 Å². The number of carbonyl (C=O) groups is 1. The molecule has 1 aliphatic heterocycles. The van der Waals surface area contributed by atoms with Crippen LogP contribution in [0.15, 0.2) is 0 Å². The molecule has 0 spiro atoms. The molecule has 0 aromatic heterocycles. The highest BCUT2D eigenvalue weighted by atomic mass is 32.1. The number of piperidine rings is 1. The fourth-order valence-electron chi connectivity index (χ4n) is 2.59. The molecule has 1 atom stereocenters. The molecule has 1 unspecified atom stereocenters. The summed E-state index contributed by atoms with van der Waals surface area (Å²) in [6.45, 7) is 3.73. The molecule has 2 aliphatic rings. The van der Waals surface area contributed by atoms with E-state index in [0.29, 0.717) is 12.3 Å². The molecular weight excluding hydrogens is 234 g/mol. The first-order chi connectivity index (χ1) is 8.02. The van der Waals surface area contributed by atoms with Crippen molar-refractivity contribution in [1.29, 1.82) is 0 Å². The number of nitrogens with zero attached hydrogens (tertiary/aromatic N) is 1. The van der Waals surface area contributed by atoms with E-state index in [2.05, 4.69) is 19.6 Å². The summed E-state index contributed by atoms with van der Waals surface area (Å²) in [4.78, 5) is 14.2. The summed E-state index contributed by atoms with van der Waals surface area (Å²) in [6.07, 6.45) is 5.10. The summed E-state index contributed by atoms with van der Waals surface area (Å²) < 4.78 is 5.52. The Bertz CT molecular complexity index is 304.